The summed E-state index contributed by atoms with van der Waals surface area (Å²) in [5, 5.41) is 11.4. The molecule has 0 amide bonds. The van der Waals surface area contributed by atoms with Gasteiger partial charge in [0.15, 0.2) is 0 Å². The van der Waals surface area contributed by atoms with Crippen LogP contribution in [0.2, 0.25) is 10.0 Å². The van der Waals surface area contributed by atoms with E-state index in [-0.39, 0.29) is 0 Å². The van der Waals surface area contributed by atoms with Crippen LogP contribution in [0.1, 0.15) is 17.2 Å². The van der Waals surface area contributed by atoms with E-state index in [1.165, 1.54) is 0 Å². The third-order valence-electron chi connectivity index (χ3n) is 2.78. The van der Waals surface area contributed by atoms with Crippen LogP contribution < -0.4 is 5.73 Å². The van der Waals surface area contributed by atoms with Gasteiger partial charge in [-0.15, -0.1) is 0 Å². The molecule has 0 radical (unpaired) electrons. The molecule has 0 spiro atoms. The van der Waals surface area contributed by atoms with E-state index >= 15 is 0 Å². The van der Waals surface area contributed by atoms with Crippen LogP contribution in [0.15, 0.2) is 42.5 Å². The predicted molar refractivity (Wildman–Crippen MR) is 76.0 cm³/mol. The van der Waals surface area contributed by atoms with Crippen LogP contribution in [-0.4, -0.2) is 5.11 Å². The van der Waals surface area contributed by atoms with E-state index in [1.807, 2.05) is 18.2 Å². The van der Waals surface area contributed by atoms with Crippen molar-refractivity contribution in [3.05, 3.63) is 63.6 Å². The van der Waals surface area contributed by atoms with E-state index in [0.717, 1.165) is 5.56 Å². The number of aliphatic hydroxyl groups excluding tert-OH is 1. The molecule has 94 valence electrons. The van der Waals surface area contributed by atoms with Gasteiger partial charge < -0.3 is 10.8 Å². The van der Waals surface area contributed by atoms with Gasteiger partial charge in [0.2, 0.25) is 0 Å². The summed E-state index contributed by atoms with van der Waals surface area (Å²) < 4.78 is 0. The Morgan fingerprint density at radius 2 is 1.83 bits per heavy atom. The molecular formula is C14H13Cl2NO. The van der Waals surface area contributed by atoms with E-state index in [2.05, 4.69) is 0 Å². The summed E-state index contributed by atoms with van der Waals surface area (Å²) in [4.78, 5) is 0. The van der Waals surface area contributed by atoms with Crippen molar-refractivity contribution in [3.8, 4) is 0 Å². The zero-order valence-electron chi connectivity index (χ0n) is 9.61. The zero-order valence-corrected chi connectivity index (χ0v) is 11.1. The van der Waals surface area contributed by atoms with E-state index in [0.29, 0.717) is 27.7 Å². The lowest BCUT2D eigenvalue weighted by Crippen LogP contribution is -2.05. The number of nitrogens with two attached hydrogens (primary N) is 1. The van der Waals surface area contributed by atoms with Crippen LogP contribution >= 0.6 is 23.2 Å². The number of hydrogen-bond acceptors (Lipinski definition) is 2. The first-order valence-electron chi connectivity index (χ1n) is 5.54. The fraction of sp³-hybridized carbons (Fsp3) is 0.143. The summed E-state index contributed by atoms with van der Waals surface area (Å²) in [5.41, 5.74) is 7.88. The van der Waals surface area contributed by atoms with Crippen molar-refractivity contribution >= 4 is 28.9 Å². The van der Waals surface area contributed by atoms with E-state index in [9.17, 15) is 5.11 Å². The number of nitrogen functional groups attached to an aromatic ring is 1. The molecule has 0 saturated heterocycles. The molecule has 2 nitrogen and oxygen atoms in total. The lowest BCUT2D eigenvalue weighted by molar-refractivity contribution is 0.179. The molecule has 1 atom stereocenters. The van der Waals surface area contributed by atoms with Gasteiger partial charge in [-0.3, -0.25) is 0 Å². The molecule has 2 aromatic carbocycles. The largest absolute Gasteiger partial charge is 0.398 e. The summed E-state index contributed by atoms with van der Waals surface area (Å²) in [6, 6.07) is 12.5. The minimum atomic E-state index is -0.692. The molecule has 3 N–H and O–H groups in total. The second-order valence-corrected chi connectivity index (χ2v) is 4.93. The molecule has 4 heteroatoms. The van der Waals surface area contributed by atoms with Gasteiger partial charge in [-0.1, -0.05) is 47.5 Å². The number of rotatable bonds is 3. The first kappa shape index (κ1) is 13.2. The summed E-state index contributed by atoms with van der Waals surface area (Å²) in [7, 11) is 0. The van der Waals surface area contributed by atoms with Gasteiger partial charge >= 0.3 is 0 Å². The van der Waals surface area contributed by atoms with Crippen LogP contribution in [0.3, 0.4) is 0 Å². The summed E-state index contributed by atoms with van der Waals surface area (Å²) in [6.45, 7) is 0. The van der Waals surface area contributed by atoms with Gasteiger partial charge in [0.1, 0.15) is 0 Å². The SMILES string of the molecule is Nc1cc(Cl)ccc1C(O)Cc1ccccc1Cl. The molecular weight excluding hydrogens is 269 g/mol. The molecule has 0 bridgehead atoms. The van der Waals surface area contributed by atoms with Crippen LogP contribution in [0.4, 0.5) is 5.69 Å². The quantitative estimate of drug-likeness (QED) is 0.840. The number of benzene rings is 2. The Morgan fingerprint density at radius 3 is 2.50 bits per heavy atom. The molecule has 1 unspecified atom stereocenters. The maximum Gasteiger partial charge on any atom is 0.0850 e. The Labute approximate surface area is 116 Å². The van der Waals surface area contributed by atoms with Gasteiger partial charge in [0, 0.05) is 27.7 Å². The Hall–Kier alpha value is -1.22. The molecule has 18 heavy (non-hydrogen) atoms. The monoisotopic (exact) mass is 281 g/mol. The van der Waals surface area contributed by atoms with Crippen molar-refractivity contribution in [2.75, 3.05) is 5.73 Å². The first-order chi connectivity index (χ1) is 8.58. The van der Waals surface area contributed by atoms with Crippen molar-refractivity contribution in [1.29, 1.82) is 0 Å². The number of hydrogen-bond donors (Lipinski definition) is 2. The fourth-order valence-corrected chi connectivity index (χ4v) is 2.22. The van der Waals surface area contributed by atoms with Crippen LogP contribution in [-0.2, 0) is 6.42 Å². The van der Waals surface area contributed by atoms with Gasteiger partial charge in [-0.05, 0) is 23.8 Å². The molecule has 0 aliphatic carbocycles. The van der Waals surface area contributed by atoms with E-state index in [1.54, 1.807) is 24.3 Å². The van der Waals surface area contributed by atoms with Crippen molar-refractivity contribution in [2.45, 2.75) is 12.5 Å². The van der Waals surface area contributed by atoms with Crippen molar-refractivity contribution < 1.29 is 5.11 Å². The normalized spacial score (nSPS) is 12.4. The molecule has 0 aliphatic heterocycles. The maximum atomic E-state index is 10.2. The third kappa shape index (κ3) is 2.96. The van der Waals surface area contributed by atoms with Gasteiger partial charge in [-0.2, -0.15) is 0 Å². The smallest absolute Gasteiger partial charge is 0.0850 e. The lowest BCUT2D eigenvalue weighted by Gasteiger charge is -2.14. The molecule has 0 fully saturated rings. The maximum absolute atomic E-state index is 10.2. The van der Waals surface area contributed by atoms with E-state index < -0.39 is 6.10 Å². The van der Waals surface area contributed by atoms with Gasteiger partial charge in [0.05, 0.1) is 6.10 Å². The Kier molecular flexibility index (Phi) is 4.12. The van der Waals surface area contributed by atoms with Crippen molar-refractivity contribution in [3.63, 3.8) is 0 Å². The topological polar surface area (TPSA) is 46.2 Å². The minimum absolute atomic E-state index is 0.422. The number of anilines is 1. The van der Waals surface area contributed by atoms with Crippen LogP contribution in [0, 0.1) is 0 Å². The minimum Gasteiger partial charge on any atom is -0.398 e. The highest BCUT2D eigenvalue weighted by Crippen LogP contribution is 2.28. The summed E-state index contributed by atoms with van der Waals surface area (Å²) in [5.74, 6) is 0. The highest BCUT2D eigenvalue weighted by molar-refractivity contribution is 6.31. The number of halogens is 2. The molecule has 0 aliphatic rings. The second kappa shape index (κ2) is 5.61. The average Bonchev–Trinajstić information content (AvgIpc) is 2.32. The summed E-state index contributed by atoms with van der Waals surface area (Å²) >= 11 is 11.9. The highest BCUT2D eigenvalue weighted by Gasteiger charge is 2.13. The van der Waals surface area contributed by atoms with E-state index in [4.69, 9.17) is 28.9 Å². The Morgan fingerprint density at radius 1 is 1.11 bits per heavy atom. The van der Waals surface area contributed by atoms with Gasteiger partial charge in [0.25, 0.3) is 0 Å². The zero-order chi connectivity index (χ0) is 13.1. The standard InChI is InChI=1S/C14H13Cl2NO/c15-10-5-6-11(13(17)8-10)14(18)7-9-3-1-2-4-12(9)16/h1-6,8,14,18H,7,17H2. The van der Waals surface area contributed by atoms with Crippen LogP contribution in [0.5, 0.6) is 0 Å². The fourth-order valence-electron chi connectivity index (χ4n) is 1.83. The second-order valence-electron chi connectivity index (χ2n) is 4.08. The predicted octanol–water partition coefficient (Wildman–Crippen LogP) is 3.85. The van der Waals surface area contributed by atoms with Gasteiger partial charge in [-0.25, -0.2) is 0 Å². The molecule has 2 aromatic rings. The lowest BCUT2D eigenvalue weighted by atomic mass is 10.00. The highest BCUT2D eigenvalue weighted by atomic mass is 35.5. The summed E-state index contributed by atoms with van der Waals surface area (Å²) in [6.07, 6.45) is -0.270. The third-order valence-corrected chi connectivity index (χ3v) is 3.38. The Balaban J connectivity index is 2.22. The van der Waals surface area contributed by atoms with Crippen molar-refractivity contribution in [2.24, 2.45) is 0 Å². The molecule has 0 saturated carbocycles. The first-order valence-corrected chi connectivity index (χ1v) is 6.30. The molecule has 0 heterocycles. The average molecular weight is 282 g/mol. The molecule has 0 aromatic heterocycles. The Bertz CT molecular complexity index is 557. The van der Waals surface area contributed by atoms with Crippen LogP contribution in [0.25, 0.3) is 0 Å². The van der Waals surface area contributed by atoms with Crippen molar-refractivity contribution in [1.82, 2.24) is 0 Å². The molecule has 2 rings (SSSR count). The number of aliphatic hydroxyl groups is 1.